The number of hydrogen-bond acceptors (Lipinski definition) is 2. The summed E-state index contributed by atoms with van der Waals surface area (Å²) in [5, 5.41) is 7.12. The first-order valence-corrected chi connectivity index (χ1v) is 5.17. The van der Waals surface area contributed by atoms with Crippen molar-refractivity contribution < 1.29 is 16.2 Å². The van der Waals surface area contributed by atoms with E-state index in [1.54, 1.807) is 12.3 Å². The summed E-state index contributed by atoms with van der Waals surface area (Å²) in [6, 6.07) is 4.34. The van der Waals surface area contributed by atoms with Crippen LogP contribution in [0.1, 0.15) is 11.7 Å². The number of nitrogens with one attached hydrogen (secondary N) is 1. The molecule has 1 atom stereocenters. The summed E-state index contributed by atoms with van der Waals surface area (Å²) in [5.74, 6) is 0. The molecule has 0 fully saturated rings. The van der Waals surface area contributed by atoms with Crippen molar-refractivity contribution in [1.29, 1.82) is 0 Å². The molecule has 0 aliphatic heterocycles. The van der Waals surface area contributed by atoms with Crippen LogP contribution in [0.3, 0.4) is 0 Å². The number of aromatic amines is 1. The Balaban J connectivity index is 2.45. The third-order valence-electron chi connectivity index (χ3n) is 2.16. The molecule has 2 rings (SSSR count). The first-order valence-electron chi connectivity index (χ1n) is 4.29. The second kappa shape index (κ2) is 4.21. The molecule has 16 heavy (non-hydrogen) atoms. The van der Waals surface area contributed by atoms with Crippen LogP contribution in [-0.2, 0) is 3.07 Å². The van der Waals surface area contributed by atoms with Gasteiger partial charge < -0.3 is 0 Å². The highest BCUT2D eigenvalue weighted by Crippen LogP contribution is 2.37. The molecule has 0 amide bonds. The van der Waals surface area contributed by atoms with Crippen molar-refractivity contribution >= 4 is 33.9 Å². The quantitative estimate of drug-likeness (QED) is 0.848. The summed E-state index contributed by atoms with van der Waals surface area (Å²) >= 11 is 1.25. The molecule has 3 nitrogen and oxygen atoms in total. The van der Waals surface area contributed by atoms with Gasteiger partial charge in [-0.1, -0.05) is 12.1 Å². The number of benzene rings is 1. The lowest BCUT2D eigenvalue weighted by molar-refractivity contribution is -0.189. The largest absolute Gasteiger partial charge is 0.419 e. The summed E-state index contributed by atoms with van der Waals surface area (Å²) < 4.78 is 42.2. The molecule has 1 aromatic heterocycles. The van der Waals surface area contributed by atoms with Gasteiger partial charge in [0, 0.05) is 5.39 Å². The summed E-state index contributed by atoms with van der Waals surface area (Å²) in [5.41, 5.74) is 0.610. The number of aromatic nitrogens is 2. The number of H-pyrrole nitrogens is 1. The van der Waals surface area contributed by atoms with E-state index in [9.17, 15) is 13.2 Å². The highest BCUT2D eigenvalue weighted by molar-refractivity contribution is 14.1. The van der Waals surface area contributed by atoms with Crippen LogP contribution in [0.25, 0.3) is 10.9 Å². The van der Waals surface area contributed by atoms with Gasteiger partial charge in [-0.25, -0.2) is 0 Å². The Hall–Kier alpha value is -0.830. The van der Waals surface area contributed by atoms with E-state index in [1.165, 1.54) is 35.1 Å². The van der Waals surface area contributed by atoms with E-state index >= 15 is 0 Å². The van der Waals surface area contributed by atoms with Crippen molar-refractivity contribution in [2.45, 2.75) is 12.3 Å². The maximum Gasteiger partial charge on any atom is 0.419 e. The molecule has 1 aromatic carbocycles. The molecule has 7 heteroatoms. The van der Waals surface area contributed by atoms with Crippen LogP contribution in [0.4, 0.5) is 13.2 Å². The molecular formula is C9H6F3IN2O. The SMILES string of the molecule is FC(F)(F)C(OI)c1ccc2cn[nH]c2c1. The van der Waals surface area contributed by atoms with Gasteiger partial charge in [-0.2, -0.15) is 18.3 Å². The van der Waals surface area contributed by atoms with Crippen LogP contribution in [0, 0.1) is 0 Å². The molecule has 0 bridgehead atoms. The highest BCUT2D eigenvalue weighted by atomic mass is 127. The Morgan fingerprint density at radius 2 is 2.12 bits per heavy atom. The van der Waals surface area contributed by atoms with Gasteiger partial charge in [0.15, 0.2) is 6.10 Å². The molecule has 0 aliphatic carbocycles. The third-order valence-corrected chi connectivity index (χ3v) is 2.66. The predicted molar refractivity (Wildman–Crippen MR) is 60.0 cm³/mol. The van der Waals surface area contributed by atoms with Gasteiger partial charge in [-0.05, 0) is 11.6 Å². The fraction of sp³-hybridized carbons (Fsp3) is 0.222. The Morgan fingerprint density at radius 3 is 2.75 bits per heavy atom. The van der Waals surface area contributed by atoms with Gasteiger partial charge >= 0.3 is 6.18 Å². The van der Waals surface area contributed by atoms with Crippen LogP contribution in [0.5, 0.6) is 0 Å². The predicted octanol–water partition coefficient (Wildman–Crippen LogP) is 3.53. The van der Waals surface area contributed by atoms with E-state index in [2.05, 4.69) is 13.3 Å². The topological polar surface area (TPSA) is 37.9 Å². The lowest BCUT2D eigenvalue weighted by Gasteiger charge is -2.17. The number of fused-ring (bicyclic) bond motifs is 1. The van der Waals surface area contributed by atoms with E-state index in [4.69, 9.17) is 0 Å². The second-order valence-electron chi connectivity index (χ2n) is 3.23. The smallest absolute Gasteiger partial charge is 0.298 e. The van der Waals surface area contributed by atoms with E-state index in [1.807, 2.05) is 0 Å². The Kier molecular flexibility index (Phi) is 3.06. The maximum absolute atomic E-state index is 12.6. The first-order chi connectivity index (χ1) is 7.52. The monoisotopic (exact) mass is 342 g/mol. The van der Waals surface area contributed by atoms with E-state index < -0.39 is 12.3 Å². The molecule has 2 aromatic rings. The molecule has 1 N–H and O–H groups in total. The van der Waals surface area contributed by atoms with Crippen LogP contribution >= 0.6 is 23.0 Å². The lowest BCUT2D eigenvalue weighted by Crippen LogP contribution is -2.20. The molecular weight excluding hydrogens is 336 g/mol. The zero-order valence-electron chi connectivity index (χ0n) is 7.75. The van der Waals surface area contributed by atoms with Crippen molar-refractivity contribution in [3.8, 4) is 0 Å². The Bertz CT molecular complexity index is 497. The fourth-order valence-corrected chi connectivity index (χ4v) is 1.99. The molecule has 86 valence electrons. The number of halogens is 4. The van der Waals surface area contributed by atoms with E-state index in [-0.39, 0.29) is 5.56 Å². The van der Waals surface area contributed by atoms with Gasteiger partial charge in [0.2, 0.25) is 0 Å². The standard InChI is InChI=1S/C9H6F3IN2O/c10-9(11,12)8(16-13)5-1-2-6-4-14-15-7(6)3-5/h1-4,8H,(H,14,15). The van der Waals surface area contributed by atoms with Crippen molar-refractivity contribution in [3.63, 3.8) is 0 Å². The molecule has 1 heterocycles. The number of rotatable bonds is 2. The van der Waals surface area contributed by atoms with Gasteiger partial charge in [-0.3, -0.25) is 8.16 Å². The molecule has 0 radical (unpaired) electrons. The Labute approximate surface area is 103 Å². The molecule has 0 aliphatic rings. The lowest BCUT2D eigenvalue weighted by atomic mass is 10.1. The van der Waals surface area contributed by atoms with Gasteiger partial charge in [0.25, 0.3) is 0 Å². The fourth-order valence-electron chi connectivity index (χ4n) is 1.41. The van der Waals surface area contributed by atoms with Crippen LogP contribution in [0.15, 0.2) is 24.4 Å². The zero-order chi connectivity index (χ0) is 11.8. The van der Waals surface area contributed by atoms with Crippen molar-refractivity contribution in [2.24, 2.45) is 0 Å². The summed E-state index contributed by atoms with van der Waals surface area (Å²) in [4.78, 5) is 0. The molecule has 1 unspecified atom stereocenters. The van der Waals surface area contributed by atoms with Crippen LogP contribution in [0.2, 0.25) is 0 Å². The second-order valence-corrected chi connectivity index (χ2v) is 3.74. The van der Waals surface area contributed by atoms with Crippen molar-refractivity contribution in [1.82, 2.24) is 10.2 Å². The van der Waals surface area contributed by atoms with Gasteiger partial charge in [-0.15, -0.1) is 0 Å². The Morgan fingerprint density at radius 1 is 1.38 bits per heavy atom. The summed E-state index contributed by atoms with van der Waals surface area (Å²) in [6.07, 6.45) is -4.79. The highest BCUT2D eigenvalue weighted by Gasteiger charge is 2.41. The van der Waals surface area contributed by atoms with E-state index in [0.717, 1.165) is 5.39 Å². The third kappa shape index (κ3) is 2.14. The maximum atomic E-state index is 12.6. The van der Waals surface area contributed by atoms with Crippen LogP contribution in [-0.4, -0.2) is 16.4 Å². The minimum absolute atomic E-state index is 0.0543. The molecule has 0 saturated carbocycles. The van der Waals surface area contributed by atoms with Gasteiger partial charge in [0.1, 0.15) is 23.0 Å². The van der Waals surface area contributed by atoms with Crippen molar-refractivity contribution in [2.75, 3.05) is 0 Å². The van der Waals surface area contributed by atoms with Crippen LogP contribution < -0.4 is 0 Å². The average Bonchev–Trinajstić information content (AvgIpc) is 2.63. The minimum atomic E-state index is -4.42. The minimum Gasteiger partial charge on any atom is -0.298 e. The average molecular weight is 342 g/mol. The summed E-state index contributed by atoms with van der Waals surface area (Å²) in [7, 11) is 0. The number of alkyl halides is 3. The van der Waals surface area contributed by atoms with E-state index in [0.29, 0.717) is 5.52 Å². The molecule has 0 spiro atoms. The zero-order valence-corrected chi connectivity index (χ0v) is 9.91. The summed E-state index contributed by atoms with van der Waals surface area (Å²) in [6.45, 7) is 0. The van der Waals surface area contributed by atoms with Crippen molar-refractivity contribution in [3.05, 3.63) is 30.0 Å². The number of nitrogens with zero attached hydrogens (tertiary/aromatic N) is 1. The first kappa shape index (κ1) is 11.6. The normalized spacial score (nSPS) is 14.2. The number of hydrogen-bond donors (Lipinski definition) is 1. The van der Waals surface area contributed by atoms with Gasteiger partial charge in [0.05, 0.1) is 11.7 Å². The molecule has 0 saturated heterocycles.